The molecule has 1 aromatic heterocycles. The third-order valence-electron chi connectivity index (χ3n) is 2.99. The molecule has 1 heterocycles. The number of aromatic nitrogens is 2. The Hall–Kier alpha value is -1.61. The summed E-state index contributed by atoms with van der Waals surface area (Å²) in [6.45, 7) is 6.36. The number of hydrogen-bond donors (Lipinski definition) is 1. The molecule has 96 valence electrons. The summed E-state index contributed by atoms with van der Waals surface area (Å²) in [4.78, 5) is 0. The Bertz CT molecular complexity index is 509. The van der Waals surface area contributed by atoms with Gasteiger partial charge in [0.2, 0.25) is 0 Å². The smallest absolute Gasteiger partial charge is 0.101 e. The van der Waals surface area contributed by atoms with Crippen LogP contribution >= 0.6 is 0 Å². The lowest BCUT2D eigenvalue weighted by Gasteiger charge is -2.19. The van der Waals surface area contributed by atoms with E-state index < -0.39 is 5.60 Å². The molecule has 1 aromatic carbocycles. The van der Waals surface area contributed by atoms with Gasteiger partial charge in [-0.25, -0.2) is 0 Å². The third-order valence-corrected chi connectivity index (χ3v) is 2.99. The van der Waals surface area contributed by atoms with Crippen molar-refractivity contribution in [3.05, 3.63) is 53.3 Å². The lowest BCUT2D eigenvalue weighted by molar-refractivity contribution is 0.0688. The van der Waals surface area contributed by atoms with Crippen molar-refractivity contribution < 1.29 is 5.11 Å². The molecule has 0 saturated heterocycles. The standard InChI is InChI=1S/C15H20N2O/c1-4-13-10-14(15(2,3)18)17(16-13)11-12-8-6-5-7-9-12/h5-10,18H,4,11H2,1-3H3. The molecule has 0 spiro atoms. The highest BCUT2D eigenvalue weighted by molar-refractivity contribution is 5.20. The Balaban J connectivity index is 2.35. The topological polar surface area (TPSA) is 38.0 Å². The monoisotopic (exact) mass is 244 g/mol. The van der Waals surface area contributed by atoms with E-state index in [4.69, 9.17) is 0 Å². The van der Waals surface area contributed by atoms with Gasteiger partial charge in [-0.3, -0.25) is 4.68 Å². The number of aryl methyl sites for hydroxylation is 1. The van der Waals surface area contributed by atoms with Crippen molar-refractivity contribution in [1.82, 2.24) is 9.78 Å². The second kappa shape index (κ2) is 4.94. The molecule has 3 nitrogen and oxygen atoms in total. The fourth-order valence-corrected chi connectivity index (χ4v) is 2.01. The van der Waals surface area contributed by atoms with Gasteiger partial charge < -0.3 is 5.11 Å². The molecule has 0 aliphatic heterocycles. The Morgan fingerprint density at radius 1 is 1.22 bits per heavy atom. The van der Waals surface area contributed by atoms with Gasteiger partial charge >= 0.3 is 0 Å². The van der Waals surface area contributed by atoms with Crippen LogP contribution < -0.4 is 0 Å². The largest absolute Gasteiger partial charge is 0.384 e. The predicted octanol–water partition coefficient (Wildman–Crippen LogP) is 2.72. The Labute approximate surface area is 108 Å². The first kappa shape index (κ1) is 12.8. The van der Waals surface area contributed by atoms with E-state index in [0.717, 1.165) is 17.8 Å². The van der Waals surface area contributed by atoms with Crippen molar-refractivity contribution in [3.8, 4) is 0 Å². The molecule has 0 saturated carbocycles. The first-order chi connectivity index (χ1) is 8.50. The van der Waals surface area contributed by atoms with Crippen LogP contribution in [0.1, 0.15) is 37.7 Å². The fourth-order valence-electron chi connectivity index (χ4n) is 2.01. The second-order valence-electron chi connectivity index (χ2n) is 5.08. The molecule has 2 aromatic rings. The van der Waals surface area contributed by atoms with Crippen molar-refractivity contribution in [2.45, 2.75) is 39.3 Å². The van der Waals surface area contributed by atoms with Crippen LogP contribution in [0.25, 0.3) is 0 Å². The Kier molecular flexibility index (Phi) is 3.53. The van der Waals surface area contributed by atoms with E-state index in [-0.39, 0.29) is 0 Å². The van der Waals surface area contributed by atoms with E-state index in [2.05, 4.69) is 24.2 Å². The maximum absolute atomic E-state index is 10.2. The Morgan fingerprint density at radius 2 is 1.89 bits per heavy atom. The van der Waals surface area contributed by atoms with Crippen LogP contribution in [-0.2, 0) is 18.6 Å². The minimum atomic E-state index is -0.866. The molecular weight excluding hydrogens is 224 g/mol. The molecule has 1 N–H and O–H groups in total. The van der Waals surface area contributed by atoms with Gasteiger partial charge in [0, 0.05) is 0 Å². The van der Waals surface area contributed by atoms with Crippen molar-refractivity contribution in [2.24, 2.45) is 0 Å². The van der Waals surface area contributed by atoms with Gasteiger partial charge in [-0.15, -0.1) is 0 Å². The van der Waals surface area contributed by atoms with Gasteiger partial charge in [-0.05, 0) is 31.9 Å². The summed E-state index contributed by atoms with van der Waals surface area (Å²) in [7, 11) is 0. The summed E-state index contributed by atoms with van der Waals surface area (Å²) in [5.74, 6) is 0. The van der Waals surface area contributed by atoms with E-state index in [1.165, 1.54) is 5.56 Å². The first-order valence-electron chi connectivity index (χ1n) is 6.34. The van der Waals surface area contributed by atoms with E-state index >= 15 is 0 Å². The van der Waals surface area contributed by atoms with Crippen molar-refractivity contribution >= 4 is 0 Å². The molecule has 0 amide bonds. The van der Waals surface area contributed by atoms with E-state index in [0.29, 0.717) is 6.54 Å². The van der Waals surface area contributed by atoms with Gasteiger partial charge in [-0.1, -0.05) is 37.3 Å². The molecule has 0 unspecified atom stereocenters. The fraction of sp³-hybridized carbons (Fsp3) is 0.400. The minimum Gasteiger partial charge on any atom is -0.384 e. The summed E-state index contributed by atoms with van der Waals surface area (Å²) in [5, 5.41) is 14.7. The number of hydrogen-bond acceptors (Lipinski definition) is 2. The maximum atomic E-state index is 10.2. The molecule has 0 aliphatic rings. The molecule has 0 radical (unpaired) electrons. The highest BCUT2D eigenvalue weighted by Gasteiger charge is 2.22. The zero-order chi connectivity index (χ0) is 13.2. The zero-order valence-electron chi connectivity index (χ0n) is 11.2. The molecule has 18 heavy (non-hydrogen) atoms. The van der Waals surface area contributed by atoms with Gasteiger partial charge in [0.25, 0.3) is 0 Å². The van der Waals surface area contributed by atoms with Crippen molar-refractivity contribution in [3.63, 3.8) is 0 Å². The summed E-state index contributed by atoms with van der Waals surface area (Å²) in [6.07, 6.45) is 0.880. The molecular formula is C15H20N2O. The number of nitrogens with zero attached hydrogens (tertiary/aromatic N) is 2. The van der Waals surface area contributed by atoms with Crippen LogP contribution in [0.2, 0.25) is 0 Å². The normalized spacial score (nSPS) is 11.8. The highest BCUT2D eigenvalue weighted by atomic mass is 16.3. The second-order valence-corrected chi connectivity index (χ2v) is 5.08. The van der Waals surface area contributed by atoms with Crippen LogP contribution in [0.15, 0.2) is 36.4 Å². The van der Waals surface area contributed by atoms with E-state index in [9.17, 15) is 5.11 Å². The summed E-state index contributed by atoms with van der Waals surface area (Å²) in [6, 6.07) is 12.2. The highest BCUT2D eigenvalue weighted by Crippen LogP contribution is 2.21. The summed E-state index contributed by atoms with van der Waals surface area (Å²) >= 11 is 0. The van der Waals surface area contributed by atoms with Gasteiger partial charge in [0.05, 0.1) is 17.9 Å². The van der Waals surface area contributed by atoms with Crippen molar-refractivity contribution in [1.29, 1.82) is 0 Å². The SMILES string of the molecule is CCc1cc(C(C)(C)O)n(Cc2ccccc2)n1. The third kappa shape index (κ3) is 2.79. The van der Waals surface area contributed by atoms with Crippen LogP contribution in [0.5, 0.6) is 0 Å². The molecule has 0 fully saturated rings. The van der Waals surface area contributed by atoms with E-state index in [1.54, 1.807) is 13.8 Å². The van der Waals surface area contributed by atoms with Crippen LogP contribution in [-0.4, -0.2) is 14.9 Å². The first-order valence-corrected chi connectivity index (χ1v) is 6.34. The maximum Gasteiger partial charge on any atom is 0.101 e. The van der Waals surface area contributed by atoms with Crippen LogP contribution in [0.3, 0.4) is 0 Å². The molecule has 0 aliphatic carbocycles. The van der Waals surface area contributed by atoms with Crippen LogP contribution in [0, 0.1) is 0 Å². The van der Waals surface area contributed by atoms with Gasteiger partial charge in [0.1, 0.15) is 5.60 Å². The number of benzene rings is 1. The molecule has 3 heteroatoms. The zero-order valence-corrected chi connectivity index (χ0v) is 11.2. The average Bonchev–Trinajstić information content (AvgIpc) is 2.73. The lowest BCUT2D eigenvalue weighted by Crippen LogP contribution is -2.21. The molecule has 2 rings (SSSR count). The van der Waals surface area contributed by atoms with E-state index in [1.807, 2.05) is 28.9 Å². The molecule has 0 atom stereocenters. The quantitative estimate of drug-likeness (QED) is 0.898. The van der Waals surface area contributed by atoms with Gasteiger partial charge in [-0.2, -0.15) is 5.10 Å². The van der Waals surface area contributed by atoms with Gasteiger partial charge in [0.15, 0.2) is 0 Å². The summed E-state index contributed by atoms with van der Waals surface area (Å²) in [5.41, 5.74) is 2.20. The number of rotatable bonds is 4. The lowest BCUT2D eigenvalue weighted by atomic mass is 10.0. The predicted molar refractivity (Wildman–Crippen MR) is 72.4 cm³/mol. The van der Waals surface area contributed by atoms with Crippen LogP contribution in [0.4, 0.5) is 0 Å². The summed E-state index contributed by atoms with van der Waals surface area (Å²) < 4.78 is 1.90. The average molecular weight is 244 g/mol. The van der Waals surface area contributed by atoms with Crippen molar-refractivity contribution in [2.75, 3.05) is 0 Å². The number of aliphatic hydroxyl groups is 1. The molecule has 0 bridgehead atoms. The Morgan fingerprint density at radius 3 is 2.44 bits per heavy atom. The minimum absolute atomic E-state index is 0.695.